The molecule has 0 saturated carbocycles. The van der Waals surface area contributed by atoms with Gasteiger partial charge in [-0.15, -0.1) is 0 Å². The monoisotopic (exact) mass is 401 g/mol. The summed E-state index contributed by atoms with van der Waals surface area (Å²) in [6, 6.07) is 5.57. The molecule has 0 bridgehead atoms. The fraction of sp³-hybridized carbons (Fsp3) is 0.368. The van der Waals surface area contributed by atoms with Gasteiger partial charge in [0.2, 0.25) is 11.7 Å². The molecule has 1 aromatic carbocycles. The van der Waals surface area contributed by atoms with Crippen molar-refractivity contribution in [2.24, 2.45) is 5.73 Å². The molecular weight excluding hydrogens is 382 g/mol. The summed E-state index contributed by atoms with van der Waals surface area (Å²) in [7, 11) is 0. The van der Waals surface area contributed by atoms with E-state index < -0.39 is 11.3 Å². The molecule has 2 aliphatic heterocycles. The number of nitrogens with one attached hydrogen (secondary N) is 1. The van der Waals surface area contributed by atoms with Crippen LogP contribution < -0.4 is 15.8 Å². The van der Waals surface area contributed by atoms with Gasteiger partial charge in [0, 0.05) is 17.3 Å². The fourth-order valence-corrected chi connectivity index (χ4v) is 4.02. The number of likely N-dealkylation sites (tertiary alicyclic amines) is 1. The predicted octanol–water partition coefficient (Wildman–Crippen LogP) is 1.59. The Hall–Kier alpha value is -2.71. The number of piperidine rings is 1. The van der Waals surface area contributed by atoms with Crippen LogP contribution in [0.15, 0.2) is 30.6 Å². The molecule has 4 rings (SSSR count). The van der Waals surface area contributed by atoms with Crippen molar-refractivity contribution in [3.8, 4) is 5.75 Å². The number of nitrogens with zero attached hydrogens (tertiary/aromatic N) is 3. The number of fused-ring (bicyclic) bond motifs is 2. The van der Waals surface area contributed by atoms with Gasteiger partial charge in [0.15, 0.2) is 5.75 Å². The van der Waals surface area contributed by atoms with Crippen molar-refractivity contribution in [3.63, 3.8) is 0 Å². The molecule has 0 radical (unpaired) electrons. The van der Waals surface area contributed by atoms with Crippen LogP contribution in [0.5, 0.6) is 5.75 Å². The van der Waals surface area contributed by atoms with Gasteiger partial charge < -0.3 is 15.8 Å². The minimum atomic E-state index is -0.674. The van der Waals surface area contributed by atoms with E-state index in [0.29, 0.717) is 17.4 Å². The van der Waals surface area contributed by atoms with Crippen LogP contribution in [0.3, 0.4) is 0 Å². The Kier molecular flexibility index (Phi) is 4.91. The van der Waals surface area contributed by atoms with E-state index in [1.807, 2.05) is 12.1 Å². The first-order valence-electron chi connectivity index (χ1n) is 9.06. The van der Waals surface area contributed by atoms with E-state index in [0.717, 1.165) is 43.7 Å². The van der Waals surface area contributed by atoms with Gasteiger partial charge in [-0.25, -0.2) is 9.97 Å². The average molecular weight is 402 g/mol. The summed E-state index contributed by atoms with van der Waals surface area (Å²) >= 11 is 6.15. The summed E-state index contributed by atoms with van der Waals surface area (Å²) in [5.41, 5.74) is 6.49. The summed E-state index contributed by atoms with van der Waals surface area (Å²) in [4.78, 5) is 33.6. The van der Waals surface area contributed by atoms with Gasteiger partial charge in [0.05, 0.1) is 17.8 Å². The predicted molar refractivity (Wildman–Crippen MR) is 103 cm³/mol. The largest absolute Gasteiger partial charge is 0.489 e. The van der Waals surface area contributed by atoms with E-state index in [2.05, 4.69) is 20.2 Å². The van der Waals surface area contributed by atoms with Crippen molar-refractivity contribution >= 4 is 29.1 Å². The highest BCUT2D eigenvalue weighted by Gasteiger charge is 2.48. The van der Waals surface area contributed by atoms with Gasteiger partial charge in [0.1, 0.15) is 6.61 Å². The molecule has 8 nitrogen and oxygen atoms in total. The molecule has 2 aromatic rings. The number of aromatic nitrogens is 2. The molecule has 0 unspecified atom stereocenters. The van der Waals surface area contributed by atoms with Crippen LogP contribution in [-0.2, 0) is 10.2 Å². The Morgan fingerprint density at radius 2 is 2.00 bits per heavy atom. The molecule has 1 spiro atoms. The number of carbonyl (C=O) groups excluding carboxylic acids is 2. The number of hydrogen-bond donors (Lipinski definition) is 2. The smallest absolute Gasteiger partial charge is 0.286 e. The van der Waals surface area contributed by atoms with E-state index in [4.69, 9.17) is 22.1 Å². The average Bonchev–Trinajstić information content (AvgIpc) is 2.95. The van der Waals surface area contributed by atoms with Gasteiger partial charge in [-0.05, 0) is 49.7 Å². The first kappa shape index (κ1) is 18.6. The normalized spacial score (nSPS) is 18.0. The molecule has 3 N–H and O–H groups in total. The highest BCUT2D eigenvalue weighted by Crippen LogP contribution is 2.45. The van der Waals surface area contributed by atoms with Gasteiger partial charge in [0.25, 0.3) is 5.91 Å². The van der Waals surface area contributed by atoms with Crippen molar-refractivity contribution < 1.29 is 14.3 Å². The second-order valence-corrected chi connectivity index (χ2v) is 7.46. The number of anilines is 1. The van der Waals surface area contributed by atoms with Crippen LogP contribution >= 0.6 is 11.6 Å². The Bertz CT molecular complexity index is 910. The number of ether oxygens (including phenoxy) is 1. The number of hydrogen-bond acceptors (Lipinski definition) is 6. The maximum absolute atomic E-state index is 12.7. The van der Waals surface area contributed by atoms with Crippen molar-refractivity contribution in [2.75, 3.05) is 31.6 Å². The molecule has 1 aromatic heterocycles. The second kappa shape index (κ2) is 7.37. The molecule has 146 valence electrons. The van der Waals surface area contributed by atoms with Gasteiger partial charge in [-0.3, -0.25) is 14.5 Å². The number of benzene rings is 1. The summed E-state index contributed by atoms with van der Waals surface area (Å²) in [5.74, 6) is -0.166. The number of halogens is 1. The van der Waals surface area contributed by atoms with Gasteiger partial charge >= 0.3 is 0 Å². The first-order chi connectivity index (χ1) is 13.5. The SMILES string of the molecule is NC(=O)c1ncc(OCCN2CCC3(CC2)C(=O)Nc2ccc(Cl)cc23)cn1. The van der Waals surface area contributed by atoms with Gasteiger partial charge in [-0.2, -0.15) is 0 Å². The number of carbonyl (C=O) groups is 2. The lowest BCUT2D eigenvalue weighted by molar-refractivity contribution is -0.122. The zero-order valence-electron chi connectivity index (χ0n) is 15.2. The van der Waals surface area contributed by atoms with E-state index in [1.165, 1.54) is 12.4 Å². The number of amides is 2. The number of nitrogens with two attached hydrogens (primary N) is 1. The Labute approximate surface area is 167 Å². The highest BCUT2D eigenvalue weighted by atomic mass is 35.5. The van der Waals surface area contributed by atoms with E-state index in [-0.39, 0.29) is 11.7 Å². The fourth-order valence-electron chi connectivity index (χ4n) is 3.85. The Morgan fingerprint density at radius 3 is 2.68 bits per heavy atom. The highest BCUT2D eigenvalue weighted by molar-refractivity contribution is 6.31. The maximum atomic E-state index is 12.7. The minimum absolute atomic E-state index is 0.0381. The molecule has 28 heavy (non-hydrogen) atoms. The van der Waals surface area contributed by atoms with Crippen LogP contribution in [0.1, 0.15) is 29.0 Å². The third kappa shape index (κ3) is 3.41. The zero-order valence-corrected chi connectivity index (χ0v) is 15.9. The van der Waals surface area contributed by atoms with E-state index in [9.17, 15) is 9.59 Å². The van der Waals surface area contributed by atoms with Gasteiger partial charge in [-0.1, -0.05) is 11.6 Å². The molecule has 1 fully saturated rings. The molecule has 9 heteroatoms. The van der Waals surface area contributed by atoms with Crippen LogP contribution in [0, 0.1) is 0 Å². The molecule has 0 atom stereocenters. The number of rotatable bonds is 5. The zero-order chi connectivity index (χ0) is 19.7. The molecule has 0 aliphatic carbocycles. The lowest BCUT2D eigenvalue weighted by Crippen LogP contribution is -2.47. The third-order valence-electron chi connectivity index (χ3n) is 5.41. The third-order valence-corrected chi connectivity index (χ3v) is 5.65. The topological polar surface area (TPSA) is 110 Å². The second-order valence-electron chi connectivity index (χ2n) is 7.02. The molecular formula is C19H20ClN5O3. The lowest BCUT2D eigenvalue weighted by Gasteiger charge is -2.37. The van der Waals surface area contributed by atoms with Crippen molar-refractivity contribution in [1.82, 2.24) is 14.9 Å². The van der Waals surface area contributed by atoms with Crippen molar-refractivity contribution in [2.45, 2.75) is 18.3 Å². The Morgan fingerprint density at radius 1 is 1.29 bits per heavy atom. The van der Waals surface area contributed by atoms with Crippen LogP contribution in [0.4, 0.5) is 5.69 Å². The quantitative estimate of drug-likeness (QED) is 0.787. The minimum Gasteiger partial charge on any atom is -0.489 e. The van der Waals surface area contributed by atoms with Crippen LogP contribution in [-0.4, -0.2) is 52.9 Å². The summed E-state index contributed by atoms with van der Waals surface area (Å²) < 4.78 is 5.64. The molecule has 1 saturated heterocycles. The van der Waals surface area contributed by atoms with E-state index in [1.54, 1.807) is 6.07 Å². The standard InChI is InChI=1S/C19H20ClN5O3/c20-12-1-2-15-14(9-12)19(18(27)24-15)3-5-25(6-4-19)7-8-28-13-10-22-17(16(21)26)23-11-13/h1-2,9-11H,3-8H2,(H2,21,26)(H,24,27). The first-order valence-corrected chi connectivity index (χ1v) is 9.44. The summed E-state index contributed by atoms with van der Waals surface area (Å²) in [5, 5.41) is 3.64. The Balaban J connectivity index is 1.32. The molecule has 3 heterocycles. The van der Waals surface area contributed by atoms with Crippen LogP contribution in [0.25, 0.3) is 0 Å². The maximum Gasteiger partial charge on any atom is 0.286 e. The van der Waals surface area contributed by atoms with Crippen molar-refractivity contribution in [1.29, 1.82) is 0 Å². The lowest BCUT2D eigenvalue weighted by atomic mass is 9.73. The summed E-state index contributed by atoms with van der Waals surface area (Å²) in [6.45, 7) is 2.76. The molecule has 2 aliphatic rings. The molecule has 2 amide bonds. The van der Waals surface area contributed by atoms with Crippen molar-refractivity contribution in [3.05, 3.63) is 47.0 Å². The van der Waals surface area contributed by atoms with E-state index >= 15 is 0 Å². The number of primary amides is 1. The van der Waals surface area contributed by atoms with Crippen LogP contribution in [0.2, 0.25) is 5.02 Å². The summed E-state index contributed by atoms with van der Waals surface area (Å²) in [6.07, 6.45) is 4.34.